The summed E-state index contributed by atoms with van der Waals surface area (Å²) in [6, 6.07) is 4.69. The van der Waals surface area contributed by atoms with Gasteiger partial charge in [-0.25, -0.2) is 9.37 Å². The highest BCUT2D eigenvalue weighted by atomic mass is 79.9. The van der Waals surface area contributed by atoms with Crippen LogP contribution in [0.15, 0.2) is 35.1 Å². The molecule has 9 heteroatoms. The summed E-state index contributed by atoms with van der Waals surface area (Å²) >= 11 is 3.42. The first-order chi connectivity index (χ1) is 14.3. The fraction of sp³-hybridized carbons (Fsp3) is 0.238. The second-order valence-corrected chi connectivity index (χ2v) is 7.98. The van der Waals surface area contributed by atoms with Gasteiger partial charge in [-0.05, 0) is 47.5 Å². The molecule has 0 spiro atoms. The number of amides is 1. The predicted molar refractivity (Wildman–Crippen MR) is 117 cm³/mol. The van der Waals surface area contributed by atoms with Gasteiger partial charge < -0.3 is 10.6 Å². The first-order valence-electron chi connectivity index (χ1n) is 9.40. The van der Waals surface area contributed by atoms with Gasteiger partial charge in [-0.15, -0.1) is 0 Å². The average molecular weight is 471 g/mol. The van der Waals surface area contributed by atoms with Crippen molar-refractivity contribution < 1.29 is 9.18 Å². The summed E-state index contributed by atoms with van der Waals surface area (Å²) in [6.45, 7) is 4.49. The lowest BCUT2D eigenvalue weighted by Gasteiger charge is -2.21. The average Bonchev–Trinajstić information content (AvgIpc) is 3.10. The van der Waals surface area contributed by atoms with E-state index in [9.17, 15) is 9.18 Å². The van der Waals surface area contributed by atoms with Crippen molar-refractivity contribution in [3.63, 3.8) is 0 Å². The van der Waals surface area contributed by atoms with Gasteiger partial charge in [0.15, 0.2) is 0 Å². The maximum Gasteiger partial charge on any atom is 0.257 e. The zero-order valence-corrected chi connectivity index (χ0v) is 18.4. The minimum Gasteiger partial charge on any atom is -0.383 e. The molecule has 0 atom stereocenters. The molecule has 0 saturated carbocycles. The number of nitrogens with two attached hydrogens (primary N) is 1. The van der Waals surface area contributed by atoms with Gasteiger partial charge in [0.25, 0.3) is 5.91 Å². The second kappa shape index (κ2) is 7.64. The van der Waals surface area contributed by atoms with Gasteiger partial charge in [0.1, 0.15) is 11.6 Å². The van der Waals surface area contributed by atoms with Gasteiger partial charge in [0, 0.05) is 35.7 Å². The summed E-state index contributed by atoms with van der Waals surface area (Å²) in [4.78, 5) is 23.4. The Morgan fingerprint density at radius 3 is 2.73 bits per heavy atom. The summed E-state index contributed by atoms with van der Waals surface area (Å²) in [7, 11) is 1.77. The number of hydrogen-bond acceptors (Lipinski definition) is 5. The van der Waals surface area contributed by atoms with E-state index in [0.29, 0.717) is 28.4 Å². The van der Waals surface area contributed by atoms with Crippen molar-refractivity contribution in [2.75, 3.05) is 12.3 Å². The molecule has 3 aromatic heterocycles. The lowest BCUT2D eigenvalue weighted by Crippen LogP contribution is -2.31. The first kappa shape index (κ1) is 20.2. The van der Waals surface area contributed by atoms with Crippen LogP contribution in [0.25, 0.3) is 21.8 Å². The Labute approximate surface area is 180 Å². The molecule has 0 aliphatic carbocycles. The van der Waals surface area contributed by atoms with Crippen LogP contribution in [0.2, 0.25) is 0 Å². The molecule has 4 rings (SSSR count). The molecule has 2 N–H and O–H groups in total. The molecule has 0 aliphatic heterocycles. The largest absolute Gasteiger partial charge is 0.383 e. The van der Waals surface area contributed by atoms with Gasteiger partial charge in [0.05, 0.1) is 40.4 Å². The molecule has 0 saturated heterocycles. The van der Waals surface area contributed by atoms with E-state index in [1.165, 1.54) is 12.1 Å². The van der Waals surface area contributed by atoms with Crippen molar-refractivity contribution in [3.05, 3.63) is 57.7 Å². The molecule has 30 heavy (non-hydrogen) atoms. The van der Waals surface area contributed by atoms with E-state index in [1.807, 2.05) is 19.9 Å². The van der Waals surface area contributed by atoms with Crippen molar-refractivity contribution in [3.8, 4) is 0 Å². The third-order valence-corrected chi connectivity index (χ3v) is 5.98. The number of aryl methyl sites for hydroxylation is 2. The fourth-order valence-corrected chi connectivity index (χ4v) is 3.74. The number of pyridine rings is 2. The number of carbonyl (C=O) groups is 1. The highest BCUT2D eigenvalue weighted by Crippen LogP contribution is 2.30. The Bertz CT molecular complexity index is 1300. The highest BCUT2D eigenvalue weighted by molar-refractivity contribution is 9.10. The molecular formula is C21H20BrFN6O. The zero-order valence-electron chi connectivity index (χ0n) is 16.8. The molecule has 0 radical (unpaired) electrons. The number of nitrogens with zero attached hydrogens (tertiary/aromatic N) is 5. The number of hydrogen-bond donors (Lipinski definition) is 1. The maximum absolute atomic E-state index is 14.9. The first-order valence-corrected chi connectivity index (χ1v) is 10.2. The number of anilines is 1. The van der Waals surface area contributed by atoms with E-state index in [2.05, 4.69) is 31.0 Å². The van der Waals surface area contributed by atoms with E-state index in [1.54, 1.807) is 29.0 Å². The number of benzene rings is 1. The topological polar surface area (TPSA) is 89.9 Å². The minimum atomic E-state index is -0.640. The molecule has 3 heterocycles. The van der Waals surface area contributed by atoms with E-state index in [-0.39, 0.29) is 17.9 Å². The quantitative estimate of drug-likeness (QED) is 0.487. The monoisotopic (exact) mass is 470 g/mol. The minimum absolute atomic E-state index is 0.0211. The SMILES string of the molecule is CCN(Cc1cc(C)c(Br)cn1)C(=O)c1cc2c(cc1F)nc(N)c1cnn(C)c12. The van der Waals surface area contributed by atoms with Gasteiger partial charge in [-0.2, -0.15) is 5.10 Å². The molecule has 1 aromatic carbocycles. The van der Waals surface area contributed by atoms with Gasteiger partial charge in [-0.3, -0.25) is 14.5 Å². The Kier molecular flexibility index (Phi) is 5.15. The third kappa shape index (κ3) is 3.39. The zero-order chi connectivity index (χ0) is 21.6. The Hall–Kier alpha value is -3.07. The normalized spacial score (nSPS) is 11.4. The molecule has 0 fully saturated rings. The Morgan fingerprint density at radius 1 is 1.27 bits per heavy atom. The summed E-state index contributed by atoms with van der Waals surface area (Å²) in [5.41, 5.74) is 8.81. The number of aromatic nitrogens is 4. The predicted octanol–water partition coefficient (Wildman–Crippen LogP) is 3.97. The van der Waals surface area contributed by atoms with Crippen LogP contribution < -0.4 is 5.73 Å². The van der Waals surface area contributed by atoms with Gasteiger partial charge in [-0.1, -0.05) is 0 Å². The highest BCUT2D eigenvalue weighted by Gasteiger charge is 2.22. The Morgan fingerprint density at radius 2 is 2.03 bits per heavy atom. The van der Waals surface area contributed by atoms with Gasteiger partial charge >= 0.3 is 0 Å². The molecular weight excluding hydrogens is 451 g/mol. The summed E-state index contributed by atoms with van der Waals surface area (Å²) in [5, 5.41) is 5.51. The van der Waals surface area contributed by atoms with Crippen LogP contribution in [0.4, 0.5) is 10.2 Å². The summed E-state index contributed by atoms with van der Waals surface area (Å²) in [5.74, 6) is -0.776. The van der Waals surface area contributed by atoms with Crippen LogP contribution in [-0.2, 0) is 13.6 Å². The Balaban J connectivity index is 1.78. The molecule has 0 unspecified atom stereocenters. The number of carbonyl (C=O) groups excluding carboxylic acids is 1. The van der Waals surface area contributed by atoms with E-state index < -0.39 is 11.7 Å². The third-order valence-electron chi connectivity index (χ3n) is 5.15. The van der Waals surface area contributed by atoms with Crippen molar-refractivity contribution >= 4 is 49.5 Å². The van der Waals surface area contributed by atoms with Crippen LogP contribution in [0.1, 0.15) is 28.5 Å². The maximum atomic E-state index is 14.9. The molecule has 4 aromatic rings. The number of halogens is 2. The number of rotatable bonds is 4. The second-order valence-electron chi connectivity index (χ2n) is 7.12. The van der Waals surface area contributed by atoms with Gasteiger partial charge in [0.2, 0.25) is 0 Å². The smallest absolute Gasteiger partial charge is 0.257 e. The van der Waals surface area contributed by atoms with Crippen LogP contribution >= 0.6 is 15.9 Å². The lowest BCUT2D eigenvalue weighted by molar-refractivity contribution is 0.0746. The number of fused-ring (bicyclic) bond motifs is 3. The molecule has 7 nitrogen and oxygen atoms in total. The van der Waals surface area contributed by atoms with Crippen LogP contribution in [-0.4, -0.2) is 37.1 Å². The summed E-state index contributed by atoms with van der Waals surface area (Å²) in [6.07, 6.45) is 3.32. The molecule has 0 aliphatic rings. The van der Waals surface area contributed by atoms with Crippen LogP contribution in [0, 0.1) is 12.7 Å². The molecule has 1 amide bonds. The van der Waals surface area contributed by atoms with E-state index >= 15 is 0 Å². The lowest BCUT2D eigenvalue weighted by atomic mass is 10.1. The van der Waals surface area contributed by atoms with E-state index in [0.717, 1.165) is 15.7 Å². The van der Waals surface area contributed by atoms with E-state index in [4.69, 9.17) is 5.73 Å². The molecule has 0 bridgehead atoms. The van der Waals surface area contributed by atoms with Crippen LogP contribution in [0.5, 0.6) is 0 Å². The van der Waals surface area contributed by atoms with Crippen molar-refractivity contribution in [1.29, 1.82) is 0 Å². The summed E-state index contributed by atoms with van der Waals surface area (Å²) < 4.78 is 17.5. The molecule has 154 valence electrons. The number of nitrogen functional groups attached to an aromatic ring is 1. The standard InChI is InChI=1S/C21H20BrFN6O/c1-4-29(10-12-5-11(2)16(22)9-25-12)21(30)13-6-14-18(7-17(13)23)27-20(24)15-8-26-28(3)19(14)15/h5-9H,4,10H2,1-3H3,(H2,24,27). The van der Waals surface area contributed by atoms with Crippen molar-refractivity contribution in [2.24, 2.45) is 7.05 Å². The fourth-order valence-electron chi connectivity index (χ4n) is 3.52. The van der Waals surface area contributed by atoms with Crippen molar-refractivity contribution in [1.82, 2.24) is 24.6 Å². The van der Waals surface area contributed by atoms with Crippen LogP contribution in [0.3, 0.4) is 0 Å². The van der Waals surface area contributed by atoms with Crippen molar-refractivity contribution in [2.45, 2.75) is 20.4 Å².